The van der Waals surface area contributed by atoms with E-state index in [1.807, 2.05) is 67.6 Å². The van der Waals surface area contributed by atoms with E-state index in [4.69, 9.17) is 4.11 Å². The van der Waals surface area contributed by atoms with Crippen molar-refractivity contribution in [3.63, 3.8) is 0 Å². The summed E-state index contributed by atoms with van der Waals surface area (Å²) < 4.78 is 24.0. The van der Waals surface area contributed by atoms with E-state index in [9.17, 15) is 0 Å². The summed E-state index contributed by atoms with van der Waals surface area (Å²) in [6.07, 6.45) is -1.69. The van der Waals surface area contributed by atoms with Gasteiger partial charge in [0.1, 0.15) is 0 Å². The second-order valence-corrected chi connectivity index (χ2v) is 4.16. The summed E-state index contributed by atoms with van der Waals surface area (Å²) >= 11 is 0. The van der Waals surface area contributed by atoms with Gasteiger partial charge in [0, 0.05) is 9.80 Å². The lowest BCUT2D eigenvalue weighted by molar-refractivity contribution is 0.523. The van der Waals surface area contributed by atoms with Crippen LogP contribution >= 0.6 is 0 Å². The molecule has 0 spiro atoms. The quantitative estimate of drug-likeness (QED) is 0.816. The van der Waals surface area contributed by atoms with Crippen molar-refractivity contribution in [1.82, 2.24) is 0 Å². The second kappa shape index (κ2) is 5.05. The van der Waals surface area contributed by atoms with Crippen LogP contribution in [0.4, 0.5) is 5.69 Å². The maximum absolute atomic E-state index is 8.23. The number of anilines is 1. The Morgan fingerprint density at radius 1 is 1.06 bits per heavy atom. The lowest BCUT2D eigenvalue weighted by atomic mass is 9.89. The summed E-state index contributed by atoms with van der Waals surface area (Å²) in [6, 6.07) is 19.0. The zero-order valence-electron chi connectivity index (χ0n) is 13.0. The molecule has 1 atom stereocenters. The molecule has 0 saturated carbocycles. The van der Waals surface area contributed by atoms with E-state index < -0.39 is 11.9 Å². The van der Waals surface area contributed by atoms with Gasteiger partial charge in [-0.1, -0.05) is 55.4 Å². The standard InChI is InChI=1S/C16H19N/c1-3-16(2,14-10-6-4-7-11-14)17-15-12-8-5-9-13-15/h4-13,17H,3H2,1-2H3/i1D,3D2. The molecule has 1 heteroatoms. The minimum Gasteiger partial charge on any atom is -0.376 e. The molecule has 0 aliphatic heterocycles. The average molecular weight is 228 g/mol. The number of nitrogens with one attached hydrogen (secondary N) is 1. The second-order valence-electron chi connectivity index (χ2n) is 4.16. The van der Waals surface area contributed by atoms with Crippen molar-refractivity contribution in [2.75, 3.05) is 5.32 Å². The fourth-order valence-corrected chi connectivity index (χ4v) is 1.80. The molecule has 0 bridgehead atoms. The van der Waals surface area contributed by atoms with Gasteiger partial charge in [0.05, 0.1) is 5.54 Å². The summed E-state index contributed by atoms with van der Waals surface area (Å²) in [5.74, 6) is 0. The van der Waals surface area contributed by atoms with Crippen LogP contribution < -0.4 is 5.32 Å². The third kappa shape index (κ3) is 2.68. The number of hydrogen-bond acceptors (Lipinski definition) is 1. The molecule has 0 aliphatic rings. The zero-order valence-corrected chi connectivity index (χ0v) is 9.98. The lowest BCUT2D eigenvalue weighted by Gasteiger charge is -2.31. The molecule has 2 aromatic carbocycles. The van der Waals surface area contributed by atoms with Crippen molar-refractivity contribution >= 4 is 5.69 Å². The first-order chi connectivity index (χ1) is 9.49. The van der Waals surface area contributed by atoms with E-state index in [-0.39, 0.29) is 6.90 Å². The summed E-state index contributed by atoms with van der Waals surface area (Å²) in [5.41, 5.74) is 0.717. The van der Waals surface area contributed by atoms with E-state index in [0.717, 1.165) is 11.3 Å². The Labute approximate surface area is 108 Å². The molecule has 0 fully saturated rings. The fraction of sp³-hybridized carbons (Fsp3) is 0.250. The third-order valence-corrected chi connectivity index (χ3v) is 2.87. The van der Waals surface area contributed by atoms with Gasteiger partial charge in [-0.05, 0) is 31.0 Å². The molecule has 0 radical (unpaired) electrons. The van der Waals surface area contributed by atoms with E-state index >= 15 is 0 Å². The van der Waals surface area contributed by atoms with Crippen molar-refractivity contribution in [2.24, 2.45) is 0 Å². The Morgan fingerprint density at radius 2 is 1.65 bits per heavy atom. The number of para-hydroxylation sites is 1. The Morgan fingerprint density at radius 3 is 2.24 bits per heavy atom. The zero-order chi connectivity index (χ0) is 14.6. The summed E-state index contributed by atoms with van der Waals surface area (Å²) in [5, 5.41) is 3.27. The normalized spacial score (nSPS) is 17.4. The fourth-order valence-electron chi connectivity index (χ4n) is 1.80. The smallest absolute Gasteiger partial charge is 0.0594 e. The monoisotopic (exact) mass is 228 g/mol. The third-order valence-electron chi connectivity index (χ3n) is 2.87. The van der Waals surface area contributed by atoms with Gasteiger partial charge in [0.2, 0.25) is 0 Å². The molecule has 0 aliphatic carbocycles. The van der Waals surface area contributed by atoms with Gasteiger partial charge < -0.3 is 5.32 Å². The molecule has 0 amide bonds. The van der Waals surface area contributed by atoms with Gasteiger partial charge in [-0.25, -0.2) is 0 Å². The van der Waals surface area contributed by atoms with Gasteiger partial charge >= 0.3 is 0 Å². The minimum atomic E-state index is -1.69. The lowest BCUT2D eigenvalue weighted by Crippen LogP contribution is -2.30. The Balaban J connectivity index is 2.45. The van der Waals surface area contributed by atoms with Crippen LogP contribution in [0.3, 0.4) is 0 Å². The van der Waals surface area contributed by atoms with Crippen molar-refractivity contribution in [1.29, 1.82) is 0 Å². The van der Waals surface area contributed by atoms with Gasteiger partial charge in [-0.15, -0.1) is 0 Å². The molecule has 1 nitrogen and oxygen atoms in total. The topological polar surface area (TPSA) is 12.0 Å². The van der Waals surface area contributed by atoms with Crippen LogP contribution in [0.1, 0.15) is 29.9 Å². The molecule has 0 saturated heterocycles. The van der Waals surface area contributed by atoms with Crippen LogP contribution in [-0.2, 0) is 5.54 Å². The van der Waals surface area contributed by atoms with E-state index in [2.05, 4.69) is 5.32 Å². The molecule has 2 rings (SSSR count). The van der Waals surface area contributed by atoms with Crippen LogP contribution in [0.5, 0.6) is 0 Å². The van der Waals surface area contributed by atoms with E-state index in [1.165, 1.54) is 0 Å². The van der Waals surface area contributed by atoms with E-state index in [1.54, 1.807) is 0 Å². The molecule has 0 heterocycles. The van der Waals surface area contributed by atoms with Gasteiger partial charge in [-0.2, -0.15) is 0 Å². The Hall–Kier alpha value is -1.76. The SMILES string of the molecule is [2H]CC([2H])([2H])C(C)(Nc1ccccc1)c1ccccc1. The highest BCUT2D eigenvalue weighted by molar-refractivity contribution is 5.47. The van der Waals surface area contributed by atoms with E-state index in [0.29, 0.717) is 0 Å². The Kier molecular flexibility index (Phi) is 2.48. The van der Waals surface area contributed by atoms with Crippen LogP contribution in [0.25, 0.3) is 0 Å². The first-order valence-electron chi connectivity index (χ1n) is 7.38. The van der Waals surface area contributed by atoms with Gasteiger partial charge in [0.15, 0.2) is 0 Å². The van der Waals surface area contributed by atoms with Gasteiger partial charge in [0.25, 0.3) is 0 Å². The predicted octanol–water partition coefficient (Wildman–Crippen LogP) is 4.42. The molecule has 1 N–H and O–H groups in total. The number of hydrogen-bond donors (Lipinski definition) is 1. The molecule has 0 aromatic heterocycles. The highest BCUT2D eigenvalue weighted by atomic mass is 15.0. The molecular formula is C16H19N. The largest absolute Gasteiger partial charge is 0.376 e. The van der Waals surface area contributed by atoms with Crippen LogP contribution in [0.2, 0.25) is 0 Å². The molecule has 17 heavy (non-hydrogen) atoms. The molecule has 88 valence electrons. The summed E-state index contributed by atoms with van der Waals surface area (Å²) in [6.45, 7) is 1.50. The van der Waals surface area contributed by atoms with Crippen LogP contribution in [0.15, 0.2) is 60.7 Å². The van der Waals surface area contributed by atoms with Crippen molar-refractivity contribution in [2.45, 2.75) is 25.7 Å². The highest BCUT2D eigenvalue weighted by Crippen LogP contribution is 2.28. The highest BCUT2D eigenvalue weighted by Gasteiger charge is 2.23. The van der Waals surface area contributed by atoms with Crippen molar-refractivity contribution in [3.8, 4) is 0 Å². The van der Waals surface area contributed by atoms with Crippen molar-refractivity contribution in [3.05, 3.63) is 66.2 Å². The number of benzene rings is 2. The maximum Gasteiger partial charge on any atom is 0.0594 e. The first kappa shape index (κ1) is 8.35. The summed E-state index contributed by atoms with van der Waals surface area (Å²) in [4.78, 5) is 0. The Bertz CT molecular complexity index is 542. The van der Waals surface area contributed by atoms with Crippen LogP contribution in [0, 0.1) is 0 Å². The first-order valence-corrected chi connectivity index (χ1v) is 5.67. The predicted molar refractivity (Wildman–Crippen MR) is 74.1 cm³/mol. The summed E-state index contributed by atoms with van der Waals surface area (Å²) in [7, 11) is 0. The average Bonchev–Trinajstić information content (AvgIpc) is 2.49. The number of rotatable bonds is 4. The van der Waals surface area contributed by atoms with Gasteiger partial charge in [-0.3, -0.25) is 0 Å². The molecule has 1 unspecified atom stereocenters. The minimum absolute atomic E-state index is 0.307. The van der Waals surface area contributed by atoms with Crippen LogP contribution in [-0.4, -0.2) is 0 Å². The maximum atomic E-state index is 8.23. The molecular weight excluding hydrogens is 206 g/mol. The molecule has 2 aromatic rings. The van der Waals surface area contributed by atoms with Crippen molar-refractivity contribution < 1.29 is 4.11 Å².